The third-order valence-electron chi connectivity index (χ3n) is 4.82. The standard InChI is InChI=1S/C21H30O4/c1-14(2)17-7-6-15(3)10-18(17)21-19(22)11-16(12-20(21)23)13-25-9-5-8-24-4/h10-12,17-18,22-23H,1,5-9,13H2,2-4H3/t17-,18+/m0/s1. The van der Waals surface area contributed by atoms with Crippen molar-refractivity contribution in [1.29, 1.82) is 0 Å². The van der Waals surface area contributed by atoms with E-state index in [0.717, 1.165) is 30.4 Å². The molecule has 2 N–H and O–H groups in total. The zero-order valence-electron chi connectivity index (χ0n) is 15.5. The van der Waals surface area contributed by atoms with Gasteiger partial charge in [-0.15, -0.1) is 0 Å². The summed E-state index contributed by atoms with van der Waals surface area (Å²) in [5.41, 5.74) is 3.72. The number of allylic oxidation sites excluding steroid dienone is 3. The SMILES string of the molecule is C=C(C)[C@@H]1CCC(C)=C[C@H]1c1c(O)cc(COCCCOC)cc1O. The molecule has 0 bridgehead atoms. The van der Waals surface area contributed by atoms with Crippen molar-refractivity contribution < 1.29 is 19.7 Å². The second kappa shape index (κ2) is 9.07. The molecule has 0 aliphatic heterocycles. The smallest absolute Gasteiger partial charge is 0.123 e. The van der Waals surface area contributed by atoms with Crippen LogP contribution in [0.1, 0.15) is 50.2 Å². The number of phenolic OH excluding ortho intramolecular Hbond substituents is 2. The fraction of sp³-hybridized carbons (Fsp3) is 0.524. The molecule has 0 fully saturated rings. The molecule has 0 saturated heterocycles. The van der Waals surface area contributed by atoms with Crippen molar-refractivity contribution in [3.63, 3.8) is 0 Å². The monoisotopic (exact) mass is 346 g/mol. The Morgan fingerprint density at radius 2 is 1.92 bits per heavy atom. The fourth-order valence-corrected chi connectivity index (χ4v) is 3.51. The largest absolute Gasteiger partial charge is 0.507 e. The number of hydrogen-bond donors (Lipinski definition) is 2. The molecule has 0 unspecified atom stereocenters. The van der Waals surface area contributed by atoms with Crippen LogP contribution in [-0.4, -0.2) is 30.5 Å². The van der Waals surface area contributed by atoms with Gasteiger partial charge in [-0.05, 0) is 56.7 Å². The Morgan fingerprint density at radius 1 is 1.24 bits per heavy atom. The molecule has 0 saturated carbocycles. The van der Waals surface area contributed by atoms with E-state index in [9.17, 15) is 10.2 Å². The highest BCUT2D eigenvalue weighted by Gasteiger charge is 2.30. The maximum Gasteiger partial charge on any atom is 0.123 e. The van der Waals surface area contributed by atoms with Crippen LogP contribution in [-0.2, 0) is 16.1 Å². The number of aromatic hydroxyl groups is 2. The van der Waals surface area contributed by atoms with Gasteiger partial charge >= 0.3 is 0 Å². The lowest BCUT2D eigenvalue weighted by atomic mass is 9.74. The Bertz CT molecular complexity index is 610. The van der Waals surface area contributed by atoms with Gasteiger partial charge in [-0.2, -0.15) is 0 Å². The summed E-state index contributed by atoms with van der Waals surface area (Å²) >= 11 is 0. The Labute approximate surface area is 150 Å². The van der Waals surface area contributed by atoms with E-state index in [1.807, 2.05) is 6.92 Å². The minimum Gasteiger partial charge on any atom is -0.507 e. The zero-order valence-corrected chi connectivity index (χ0v) is 15.5. The van der Waals surface area contributed by atoms with Crippen molar-refractivity contribution in [2.75, 3.05) is 20.3 Å². The van der Waals surface area contributed by atoms with Gasteiger partial charge < -0.3 is 19.7 Å². The predicted octanol–water partition coefficient (Wildman–Crippen LogP) is 4.67. The highest BCUT2D eigenvalue weighted by molar-refractivity contribution is 5.51. The first-order valence-electron chi connectivity index (χ1n) is 8.88. The van der Waals surface area contributed by atoms with Crippen LogP contribution in [0.25, 0.3) is 0 Å². The number of benzene rings is 1. The predicted molar refractivity (Wildman–Crippen MR) is 100.0 cm³/mol. The quantitative estimate of drug-likeness (QED) is 0.530. The highest BCUT2D eigenvalue weighted by atomic mass is 16.5. The Kier molecular flexibility index (Phi) is 7.09. The first-order valence-corrected chi connectivity index (χ1v) is 8.88. The van der Waals surface area contributed by atoms with Crippen LogP contribution in [0.2, 0.25) is 0 Å². The Balaban J connectivity index is 2.18. The minimum atomic E-state index is -0.0390. The molecule has 0 radical (unpaired) electrons. The maximum atomic E-state index is 10.6. The van der Waals surface area contributed by atoms with Crippen LogP contribution < -0.4 is 0 Å². The molecule has 0 aromatic heterocycles. The van der Waals surface area contributed by atoms with Crippen molar-refractivity contribution in [2.45, 2.75) is 45.6 Å². The summed E-state index contributed by atoms with van der Waals surface area (Å²) in [7, 11) is 1.66. The van der Waals surface area contributed by atoms with Crippen molar-refractivity contribution >= 4 is 0 Å². The number of ether oxygens (including phenoxy) is 2. The summed E-state index contributed by atoms with van der Waals surface area (Å²) in [6.45, 7) is 9.81. The van der Waals surface area contributed by atoms with Gasteiger partial charge in [0.05, 0.1) is 6.61 Å². The molecule has 1 aromatic rings. The first kappa shape index (κ1) is 19.5. The third-order valence-corrected chi connectivity index (χ3v) is 4.82. The summed E-state index contributed by atoms with van der Waals surface area (Å²) < 4.78 is 10.5. The molecular weight excluding hydrogens is 316 g/mol. The lowest BCUT2D eigenvalue weighted by Crippen LogP contribution is -2.17. The molecular formula is C21H30O4. The zero-order chi connectivity index (χ0) is 18.4. The number of hydrogen-bond acceptors (Lipinski definition) is 4. The van der Waals surface area contributed by atoms with Gasteiger partial charge in [0.15, 0.2) is 0 Å². The van der Waals surface area contributed by atoms with Gasteiger partial charge in [-0.25, -0.2) is 0 Å². The van der Waals surface area contributed by atoms with Gasteiger partial charge in [-0.3, -0.25) is 0 Å². The second-order valence-corrected chi connectivity index (χ2v) is 6.98. The van der Waals surface area contributed by atoms with Gasteiger partial charge in [0, 0.05) is 31.8 Å². The maximum absolute atomic E-state index is 10.6. The number of rotatable bonds is 8. The van der Waals surface area contributed by atoms with Crippen LogP contribution in [0.5, 0.6) is 11.5 Å². The van der Waals surface area contributed by atoms with Crippen LogP contribution in [0, 0.1) is 5.92 Å². The van der Waals surface area contributed by atoms with E-state index in [2.05, 4.69) is 19.6 Å². The summed E-state index contributed by atoms with van der Waals surface area (Å²) in [6, 6.07) is 3.39. The van der Waals surface area contributed by atoms with Crippen LogP contribution in [0.15, 0.2) is 35.9 Å². The molecule has 1 aromatic carbocycles. The normalized spacial score (nSPS) is 20.4. The molecule has 1 aliphatic carbocycles. The van der Waals surface area contributed by atoms with Crippen molar-refractivity contribution in [3.05, 3.63) is 47.1 Å². The molecule has 25 heavy (non-hydrogen) atoms. The third kappa shape index (κ3) is 5.10. The van der Waals surface area contributed by atoms with E-state index in [0.29, 0.717) is 25.4 Å². The highest BCUT2D eigenvalue weighted by Crippen LogP contribution is 2.46. The lowest BCUT2D eigenvalue weighted by Gasteiger charge is -2.31. The summed E-state index contributed by atoms with van der Waals surface area (Å²) in [4.78, 5) is 0. The molecule has 2 atom stereocenters. The average Bonchev–Trinajstić information content (AvgIpc) is 2.54. The molecule has 4 heteroatoms. The molecule has 0 heterocycles. The molecule has 1 aliphatic rings. The van der Waals surface area contributed by atoms with E-state index in [-0.39, 0.29) is 23.3 Å². The van der Waals surface area contributed by atoms with E-state index < -0.39 is 0 Å². The Hall–Kier alpha value is -1.78. The number of methoxy groups -OCH3 is 1. The number of phenols is 2. The summed E-state index contributed by atoms with van der Waals surface area (Å²) in [5, 5.41) is 21.1. The van der Waals surface area contributed by atoms with Gasteiger partial charge in [0.25, 0.3) is 0 Å². The topological polar surface area (TPSA) is 58.9 Å². The van der Waals surface area contributed by atoms with Crippen molar-refractivity contribution in [1.82, 2.24) is 0 Å². The van der Waals surface area contributed by atoms with Crippen LogP contribution >= 0.6 is 0 Å². The average molecular weight is 346 g/mol. The van der Waals surface area contributed by atoms with Crippen molar-refractivity contribution in [2.24, 2.45) is 5.92 Å². The minimum absolute atomic E-state index is 0.0390. The molecule has 2 rings (SSSR count). The first-order chi connectivity index (χ1) is 11.9. The Morgan fingerprint density at radius 3 is 2.52 bits per heavy atom. The van der Waals surface area contributed by atoms with Crippen molar-refractivity contribution in [3.8, 4) is 11.5 Å². The fourth-order valence-electron chi connectivity index (χ4n) is 3.51. The lowest BCUT2D eigenvalue weighted by molar-refractivity contribution is 0.0926. The molecule has 0 spiro atoms. The van der Waals surface area contributed by atoms with Crippen LogP contribution in [0.4, 0.5) is 0 Å². The van der Waals surface area contributed by atoms with E-state index in [1.54, 1.807) is 19.2 Å². The van der Waals surface area contributed by atoms with Gasteiger partial charge in [-0.1, -0.05) is 23.8 Å². The molecule has 4 nitrogen and oxygen atoms in total. The van der Waals surface area contributed by atoms with E-state index >= 15 is 0 Å². The summed E-state index contributed by atoms with van der Waals surface area (Å²) in [6.07, 6.45) is 4.99. The second-order valence-electron chi connectivity index (χ2n) is 6.98. The van der Waals surface area contributed by atoms with Crippen LogP contribution in [0.3, 0.4) is 0 Å². The molecule has 0 amide bonds. The van der Waals surface area contributed by atoms with Gasteiger partial charge in [0.1, 0.15) is 11.5 Å². The van der Waals surface area contributed by atoms with Gasteiger partial charge in [0.2, 0.25) is 0 Å². The summed E-state index contributed by atoms with van der Waals surface area (Å²) in [5.74, 6) is 0.440. The van der Waals surface area contributed by atoms with E-state index in [1.165, 1.54) is 5.57 Å². The van der Waals surface area contributed by atoms with E-state index in [4.69, 9.17) is 9.47 Å². The molecule has 138 valence electrons.